The minimum atomic E-state index is -0.366. The molecule has 1 saturated heterocycles. The highest BCUT2D eigenvalue weighted by atomic mass is 32.1. The van der Waals surface area contributed by atoms with E-state index in [-0.39, 0.29) is 16.8 Å². The highest BCUT2D eigenvalue weighted by molar-refractivity contribution is 7.07. The van der Waals surface area contributed by atoms with Crippen molar-refractivity contribution in [3.05, 3.63) is 15.0 Å². The first-order valence-corrected chi connectivity index (χ1v) is 4.53. The summed E-state index contributed by atoms with van der Waals surface area (Å²) < 4.78 is 0.965. The van der Waals surface area contributed by atoms with Crippen LogP contribution in [0.4, 0.5) is 4.79 Å². The predicted molar refractivity (Wildman–Crippen MR) is 46.7 cm³/mol. The lowest BCUT2D eigenvalue weighted by Gasteiger charge is -2.14. The lowest BCUT2D eigenvalue weighted by molar-refractivity contribution is 0.246. The number of nitrogens with one attached hydrogen (secondary N) is 1. The standard InChI is InChI=1S/C6H7N3O3S/c10-4-3-13-6(12)9(4)8-2-1-7-5(8)11/h3,10H,1-2H2,(H,7,11). The second-order valence-electron chi connectivity index (χ2n) is 2.53. The third kappa shape index (κ3) is 1.17. The molecule has 0 aromatic carbocycles. The fourth-order valence-corrected chi connectivity index (χ4v) is 1.77. The van der Waals surface area contributed by atoms with Gasteiger partial charge in [-0.15, -0.1) is 0 Å². The van der Waals surface area contributed by atoms with Gasteiger partial charge < -0.3 is 10.4 Å². The number of carbonyl (C=O) groups excluding carboxylic acids is 1. The molecule has 0 saturated carbocycles. The summed E-state index contributed by atoms with van der Waals surface area (Å²) in [6, 6.07) is -0.365. The second kappa shape index (κ2) is 2.77. The molecule has 7 heteroatoms. The first kappa shape index (κ1) is 8.11. The lowest BCUT2D eigenvalue weighted by Crippen LogP contribution is -2.42. The maximum atomic E-state index is 11.2. The van der Waals surface area contributed by atoms with Crippen molar-refractivity contribution in [2.75, 3.05) is 18.1 Å². The first-order chi connectivity index (χ1) is 6.20. The summed E-state index contributed by atoms with van der Waals surface area (Å²) in [6.45, 7) is 0.879. The van der Waals surface area contributed by atoms with Crippen molar-refractivity contribution in [2.45, 2.75) is 0 Å². The highest BCUT2D eigenvalue weighted by Gasteiger charge is 2.24. The number of hydrogen-bond acceptors (Lipinski definition) is 4. The van der Waals surface area contributed by atoms with Crippen molar-refractivity contribution in [1.29, 1.82) is 0 Å². The van der Waals surface area contributed by atoms with Gasteiger partial charge in [0, 0.05) is 6.54 Å². The van der Waals surface area contributed by atoms with Gasteiger partial charge in [0.15, 0.2) is 0 Å². The Morgan fingerprint density at radius 2 is 2.31 bits per heavy atom. The second-order valence-corrected chi connectivity index (χ2v) is 3.35. The Kier molecular flexibility index (Phi) is 1.73. The fraction of sp³-hybridized carbons (Fsp3) is 0.333. The fourth-order valence-electron chi connectivity index (χ4n) is 1.17. The molecule has 0 radical (unpaired) electrons. The molecule has 1 aromatic heterocycles. The Balaban J connectivity index is 2.45. The van der Waals surface area contributed by atoms with Gasteiger partial charge in [0.2, 0.25) is 5.88 Å². The molecule has 2 amide bonds. The van der Waals surface area contributed by atoms with Gasteiger partial charge >= 0.3 is 10.9 Å². The number of thiazole rings is 1. The van der Waals surface area contributed by atoms with Gasteiger partial charge in [-0.1, -0.05) is 11.3 Å². The van der Waals surface area contributed by atoms with Crippen LogP contribution in [0.25, 0.3) is 0 Å². The Labute approximate surface area is 77.0 Å². The molecule has 13 heavy (non-hydrogen) atoms. The van der Waals surface area contributed by atoms with E-state index in [0.29, 0.717) is 13.1 Å². The van der Waals surface area contributed by atoms with Crippen LogP contribution in [0.15, 0.2) is 10.2 Å². The van der Waals surface area contributed by atoms with Gasteiger partial charge in [-0.25, -0.2) is 9.80 Å². The molecule has 6 nitrogen and oxygen atoms in total. The van der Waals surface area contributed by atoms with E-state index in [1.165, 1.54) is 10.4 Å². The number of nitrogens with zero attached hydrogens (tertiary/aromatic N) is 2. The molecule has 0 bridgehead atoms. The van der Waals surface area contributed by atoms with Crippen LogP contribution in [-0.2, 0) is 0 Å². The summed E-state index contributed by atoms with van der Waals surface area (Å²) in [6.07, 6.45) is 0. The van der Waals surface area contributed by atoms with E-state index in [2.05, 4.69) is 5.32 Å². The van der Waals surface area contributed by atoms with Crippen molar-refractivity contribution in [1.82, 2.24) is 9.99 Å². The zero-order valence-corrected chi connectivity index (χ0v) is 7.37. The molecule has 0 unspecified atom stereocenters. The third-order valence-corrected chi connectivity index (χ3v) is 2.43. The van der Waals surface area contributed by atoms with Crippen LogP contribution in [0.1, 0.15) is 0 Å². The SMILES string of the molecule is O=C1NCCN1n1c(O)csc1=O. The molecule has 1 aliphatic heterocycles. The van der Waals surface area contributed by atoms with Crippen LogP contribution < -0.4 is 15.2 Å². The topological polar surface area (TPSA) is 74.6 Å². The summed E-state index contributed by atoms with van der Waals surface area (Å²) in [7, 11) is 0. The number of hydrogen-bond donors (Lipinski definition) is 2. The van der Waals surface area contributed by atoms with Crippen molar-refractivity contribution in [3.8, 4) is 5.88 Å². The Morgan fingerprint density at radius 1 is 1.54 bits per heavy atom. The zero-order valence-electron chi connectivity index (χ0n) is 6.56. The van der Waals surface area contributed by atoms with Crippen LogP contribution in [-0.4, -0.2) is 28.9 Å². The normalized spacial score (nSPS) is 16.3. The number of amides is 2. The molecule has 0 atom stereocenters. The molecule has 1 fully saturated rings. The van der Waals surface area contributed by atoms with E-state index in [1.54, 1.807) is 0 Å². The zero-order chi connectivity index (χ0) is 9.42. The van der Waals surface area contributed by atoms with E-state index in [9.17, 15) is 14.7 Å². The van der Waals surface area contributed by atoms with Crippen molar-refractivity contribution < 1.29 is 9.90 Å². The van der Waals surface area contributed by atoms with Crippen LogP contribution in [0.2, 0.25) is 0 Å². The molecular formula is C6H7N3O3S. The highest BCUT2D eigenvalue weighted by Crippen LogP contribution is 2.10. The molecular weight excluding hydrogens is 194 g/mol. The Hall–Kier alpha value is -1.50. The van der Waals surface area contributed by atoms with Gasteiger partial charge in [0.25, 0.3) is 0 Å². The Bertz CT molecular complexity index is 396. The number of carbonyl (C=O) groups is 1. The van der Waals surface area contributed by atoms with E-state index < -0.39 is 0 Å². The van der Waals surface area contributed by atoms with Gasteiger partial charge in [0.1, 0.15) is 0 Å². The maximum Gasteiger partial charge on any atom is 0.336 e. The van der Waals surface area contributed by atoms with E-state index >= 15 is 0 Å². The largest absolute Gasteiger partial charge is 0.493 e. The first-order valence-electron chi connectivity index (χ1n) is 3.65. The molecule has 2 N–H and O–H groups in total. The van der Waals surface area contributed by atoms with Crippen LogP contribution in [0.3, 0.4) is 0 Å². The third-order valence-electron chi connectivity index (χ3n) is 1.73. The van der Waals surface area contributed by atoms with Crippen LogP contribution >= 0.6 is 11.3 Å². The molecule has 2 heterocycles. The van der Waals surface area contributed by atoms with Gasteiger partial charge in [-0.2, -0.15) is 4.68 Å². The predicted octanol–water partition coefficient (Wildman–Crippen LogP) is -0.723. The minimum Gasteiger partial charge on any atom is -0.493 e. The van der Waals surface area contributed by atoms with Crippen LogP contribution in [0, 0.1) is 0 Å². The van der Waals surface area contributed by atoms with Gasteiger partial charge in [0.05, 0.1) is 11.9 Å². The molecule has 70 valence electrons. The van der Waals surface area contributed by atoms with Crippen molar-refractivity contribution in [2.24, 2.45) is 0 Å². The lowest BCUT2D eigenvalue weighted by atomic mass is 10.7. The quantitative estimate of drug-likeness (QED) is 0.629. The smallest absolute Gasteiger partial charge is 0.336 e. The molecule has 0 spiro atoms. The van der Waals surface area contributed by atoms with Crippen LogP contribution in [0.5, 0.6) is 5.88 Å². The van der Waals surface area contributed by atoms with E-state index in [4.69, 9.17) is 0 Å². The summed E-state index contributed by atoms with van der Waals surface area (Å²) in [5, 5.41) is 14.3. The van der Waals surface area contributed by atoms with Gasteiger partial charge in [-0.3, -0.25) is 4.79 Å². The molecule has 1 aromatic rings. The van der Waals surface area contributed by atoms with Crippen molar-refractivity contribution in [3.63, 3.8) is 0 Å². The monoisotopic (exact) mass is 201 g/mol. The van der Waals surface area contributed by atoms with E-state index in [1.807, 2.05) is 0 Å². The maximum absolute atomic E-state index is 11.2. The average molecular weight is 201 g/mol. The summed E-state index contributed by atoms with van der Waals surface area (Å²) >= 11 is 0.856. The molecule has 1 aliphatic rings. The molecule has 0 aliphatic carbocycles. The molecule has 2 rings (SSSR count). The Morgan fingerprint density at radius 3 is 2.77 bits per heavy atom. The summed E-state index contributed by atoms with van der Waals surface area (Å²) in [5.41, 5.74) is 0. The summed E-state index contributed by atoms with van der Waals surface area (Å²) in [4.78, 5) is 21.9. The number of urea groups is 1. The number of rotatable bonds is 1. The minimum absolute atomic E-state index is 0.202. The average Bonchev–Trinajstić information content (AvgIpc) is 2.60. The number of aromatic hydroxyl groups is 1. The van der Waals surface area contributed by atoms with Gasteiger partial charge in [-0.05, 0) is 0 Å². The van der Waals surface area contributed by atoms with E-state index in [0.717, 1.165) is 16.0 Å². The van der Waals surface area contributed by atoms with Crippen molar-refractivity contribution >= 4 is 17.4 Å². The number of aromatic nitrogens is 1. The summed E-state index contributed by atoms with van der Waals surface area (Å²) in [5.74, 6) is -0.202.